The molecule has 4 nitrogen and oxygen atoms in total. The zero-order valence-corrected chi connectivity index (χ0v) is 7.53. The molecular formula is C10H10N2O2. The van der Waals surface area contributed by atoms with Crippen LogP contribution in [-0.2, 0) is 10.2 Å². The van der Waals surface area contributed by atoms with Gasteiger partial charge in [-0.3, -0.25) is 9.78 Å². The van der Waals surface area contributed by atoms with Gasteiger partial charge in [0.25, 0.3) is 0 Å². The van der Waals surface area contributed by atoms with E-state index in [0.29, 0.717) is 13.0 Å². The van der Waals surface area contributed by atoms with Gasteiger partial charge >= 0.3 is 0 Å². The molecule has 3 rings (SSSR count). The Morgan fingerprint density at radius 3 is 3.21 bits per heavy atom. The summed E-state index contributed by atoms with van der Waals surface area (Å²) < 4.78 is 0. The number of aliphatic hydroxyl groups is 1. The van der Waals surface area contributed by atoms with E-state index in [0.717, 1.165) is 11.4 Å². The Hall–Kier alpha value is -1.42. The summed E-state index contributed by atoms with van der Waals surface area (Å²) in [6.07, 6.45) is 1.40. The van der Waals surface area contributed by atoms with Crippen molar-refractivity contribution in [2.24, 2.45) is 0 Å². The Labute approximate surface area is 81.0 Å². The molecule has 0 radical (unpaired) electrons. The Morgan fingerprint density at radius 1 is 1.64 bits per heavy atom. The molecule has 2 heterocycles. The maximum atomic E-state index is 11.6. The molecule has 2 aliphatic rings. The van der Waals surface area contributed by atoms with Crippen molar-refractivity contribution in [3.05, 3.63) is 24.0 Å². The van der Waals surface area contributed by atoms with E-state index >= 15 is 0 Å². The lowest BCUT2D eigenvalue weighted by Crippen LogP contribution is -2.57. The van der Waals surface area contributed by atoms with Gasteiger partial charge in [0.15, 0.2) is 5.78 Å². The second-order valence-electron chi connectivity index (χ2n) is 3.92. The summed E-state index contributed by atoms with van der Waals surface area (Å²) in [5, 5.41) is 12.4. The van der Waals surface area contributed by atoms with Crippen molar-refractivity contribution in [2.75, 3.05) is 11.9 Å². The third-order valence-electron chi connectivity index (χ3n) is 3.16. The first kappa shape index (κ1) is 7.94. The van der Waals surface area contributed by atoms with Crippen LogP contribution in [0.25, 0.3) is 0 Å². The maximum absolute atomic E-state index is 11.6. The van der Waals surface area contributed by atoms with Crippen LogP contribution in [0.1, 0.15) is 12.1 Å². The molecule has 1 fully saturated rings. The number of hydrogen-bond acceptors (Lipinski definition) is 4. The van der Waals surface area contributed by atoms with Gasteiger partial charge in [0.05, 0.1) is 16.8 Å². The quantitative estimate of drug-likeness (QED) is 0.608. The molecule has 0 saturated heterocycles. The molecule has 0 amide bonds. The van der Waals surface area contributed by atoms with Crippen molar-refractivity contribution in [2.45, 2.75) is 17.9 Å². The van der Waals surface area contributed by atoms with Crippen LogP contribution in [-0.4, -0.2) is 28.5 Å². The van der Waals surface area contributed by atoms with Gasteiger partial charge in [-0.15, -0.1) is 0 Å². The lowest BCUT2D eigenvalue weighted by Gasteiger charge is -2.39. The van der Waals surface area contributed by atoms with E-state index in [9.17, 15) is 9.90 Å². The van der Waals surface area contributed by atoms with Gasteiger partial charge < -0.3 is 10.4 Å². The fourth-order valence-corrected chi connectivity index (χ4v) is 2.34. The molecule has 2 N–H and O–H groups in total. The number of carbonyl (C=O) groups is 1. The number of Topliss-reactive ketones (excluding diaryl/α,β-unsaturated/α-hetero) is 1. The second-order valence-corrected chi connectivity index (χ2v) is 3.92. The van der Waals surface area contributed by atoms with Gasteiger partial charge in [0, 0.05) is 19.2 Å². The number of carbonyl (C=O) groups excluding carboxylic acids is 1. The minimum atomic E-state index is -0.787. The third-order valence-corrected chi connectivity index (χ3v) is 3.16. The largest absolute Gasteiger partial charge is 0.385 e. The van der Waals surface area contributed by atoms with Crippen molar-refractivity contribution < 1.29 is 9.90 Å². The lowest BCUT2D eigenvalue weighted by atomic mass is 9.64. The van der Waals surface area contributed by atoms with E-state index in [4.69, 9.17) is 0 Å². The molecule has 72 valence electrons. The highest BCUT2D eigenvalue weighted by atomic mass is 16.3. The number of anilines is 1. The minimum absolute atomic E-state index is 0.0950. The molecule has 1 aromatic heterocycles. The SMILES string of the molecule is O=C1C(O)CC12CNc1cccnc12. The van der Waals surface area contributed by atoms with Gasteiger partial charge in [-0.05, 0) is 12.1 Å². The molecule has 0 aromatic carbocycles. The average molecular weight is 190 g/mol. The number of nitrogens with zero attached hydrogens (tertiary/aromatic N) is 1. The first-order valence-electron chi connectivity index (χ1n) is 4.66. The maximum Gasteiger partial charge on any atom is 0.175 e. The Bertz CT molecular complexity index is 414. The number of ketones is 1. The summed E-state index contributed by atoms with van der Waals surface area (Å²) in [5.74, 6) is -0.0950. The topological polar surface area (TPSA) is 62.2 Å². The van der Waals surface area contributed by atoms with Gasteiger partial charge in [0.2, 0.25) is 0 Å². The predicted molar refractivity (Wildman–Crippen MR) is 50.0 cm³/mol. The summed E-state index contributed by atoms with van der Waals surface area (Å²) in [6.45, 7) is 0.579. The third kappa shape index (κ3) is 0.726. The molecule has 1 aliphatic heterocycles. The van der Waals surface area contributed by atoms with Crippen LogP contribution in [0.4, 0.5) is 5.69 Å². The Balaban J connectivity index is 2.11. The standard InChI is InChI=1S/C10H10N2O2/c13-7-4-10(9(7)14)5-12-6-2-1-3-11-8(6)10/h1-3,7,12-13H,4-5H2. The zero-order chi connectivity index (χ0) is 9.76. The van der Waals surface area contributed by atoms with Crippen LogP contribution in [0.15, 0.2) is 18.3 Å². The highest BCUT2D eigenvalue weighted by Crippen LogP contribution is 2.46. The fourth-order valence-electron chi connectivity index (χ4n) is 2.34. The molecule has 2 unspecified atom stereocenters. The molecular weight excluding hydrogens is 180 g/mol. The summed E-state index contributed by atoms with van der Waals surface area (Å²) in [5.41, 5.74) is 1.19. The highest BCUT2D eigenvalue weighted by molar-refractivity contribution is 6.02. The van der Waals surface area contributed by atoms with E-state index in [1.165, 1.54) is 0 Å². The summed E-state index contributed by atoms with van der Waals surface area (Å²) in [7, 11) is 0. The monoisotopic (exact) mass is 190 g/mol. The normalized spacial score (nSPS) is 33.8. The van der Waals surface area contributed by atoms with Crippen molar-refractivity contribution in [3.63, 3.8) is 0 Å². The summed E-state index contributed by atoms with van der Waals surface area (Å²) in [6, 6.07) is 3.75. The number of aromatic nitrogens is 1. The van der Waals surface area contributed by atoms with Crippen LogP contribution >= 0.6 is 0 Å². The van der Waals surface area contributed by atoms with Crippen LogP contribution in [0.3, 0.4) is 0 Å². The highest BCUT2D eigenvalue weighted by Gasteiger charge is 2.58. The predicted octanol–water partition coefficient (Wildman–Crippen LogP) is 0.0786. The summed E-state index contributed by atoms with van der Waals surface area (Å²) >= 11 is 0. The Kier molecular flexibility index (Phi) is 1.32. The fraction of sp³-hybridized carbons (Fsp3) is 0.400. The van der Waals surface area contributed by atoms with Crippen LogP contribution < -0.4 is 5.32 Å². The number of hydrogen-bond donors (Lipinski definition) is 2. The van der Waals surface area contributed by atoms with E-state index in [1.54, 1.807) is 6.20 Å². The molecule has 2 atom stereocenters. The molecule has 4 heteroatoms. The molecule has 1 spiro atoms. The molecule has 14 heavy (non-hydrogen) atoms. The van der Waals surface area contributed by atoms with Gasteiger partial charge in [-0.2, -0.15) is 0 Å². The minimum Gasteiger partial charge on any atom is -0.385 e. The van der Waals surface area contributed by atoms with E-state index in [1.807, 2.05) is 12.1 Å². The smallest absolute Gasteiger partial charge is 0.175 e. The number of nitrogens with one attached hydrogen (secondary N) is 1. The second kappa shape index (κ2) is 2.33. The average Bonchev–Trinajstić information content (AvgIpc) is 2.60. The summed E-state index contributed by atoms with van der Waals surface area (Å²) in [4.78, 5) is 15.8. The molecule has 1 saturated carbocycles. The van der Waals surface area contributed by atoms with Crippen LogP contribution in [0, 0.1) is 0 Å². The molecule has 1 aromatic rings. The van der Waals surface area contributed by atoms with Crippen molar-refractivity contribution in [3.8, 4) is 0 Å². The van der Waals surface area contributed by atoms with Crippen molar-refractivity contribution in [1.29, 1.82) is 0 Å². The first-order chi connectivity index (χ1) is 6.74. The van der Waals surface area contributed by atoms with E-state index in [-0.39, 0.29) is 5.78 Å². The van der Waals surface area contributed by atoms with E-state index < -0.39 is 11.5 Å². The number of aliphatic hydroxyl groups excluding tert-OH is 1. The van der Waals surface area contributed by atoms with Gasteiger partial charge in [-0.1, -0.05) is 0 Å². The first-order valence-corrected chi connectivity index (χ1v) is 4.66. The number of fused-ring (bicyclic) bond motifs is 2. The molecule has 1 aliphatic carbocycles. The number of pyridine rings is 1. The van der Waals surface area contributed by atoms with E-state index in [2.05, 4.69) is 10.3 Å². The molecule has 0 bridgehead atoms. The van der Waals surface area contributed by atoms with Crippen LogP contribution in [0.5, 0.6) is 0 Å². The van der Waals surface area contributed by atoms with Crippen molar-refractivity contribution >= 4 is 11.5 Å². The van der Waals surface area contributed by atoms with Crippen LogP contribution in [0.2, 0.25) is 0 Å². The zero-order valence-electron chi connectivity index (χ0n) is 7.53. The Morgan fingerprint density at radius 2 is 2.50 bits per heavy atom. The van der Waals surface area contributed by atoms with Gasteiger partial charge in [0.1, 0.15) is 6.10 Å². The lowest BCUT2D eigenvalue weighted by molar-refractivity contribution is -0.145. The number of rotatable bonds is 0. The van der Waals surface area contributed by atoms with Gasteiger partial charge in [-0.25, -0.2) is 0 Å². The van der Waals surface area contributed by atoms with Crippen molar-refractivity contribution in [1.82, 2.24) is 4.98 Å².